The van der Waals surface area contributed by atoms with Crippen LogP contribution < -0.4 is 22.1 Å². The van der Waals surface area contributed by atoms with Crippen molar-refractivity contribution in [3.63, 3.8) is 0 Å². The number of nitrogens with one attached hydrogen (secondary N) is 2. The second-order valence-electron chi connectivity index (χ2n) is 4.52. The molecule has 0 aliphatic heterocycles. The fraction of sp³-hybridized carbons (Fsp3) is 0.700. The number of carboxylic acid groups (broad SMARTS) is 1. The van der Waals surface area contributed by atoms with Crippen LogP contribution in [0.1, 0.15) is 26.7 Å². The zero-order valence-corrected chi connectivity index (χ0v) is 10.5. The highest BCUT2D eigenvalue weighted by Crippen LogP contribution is 2.02. The molecule has 18 heavy (non-hydrogen) atoms. The van der Waals surface area contributed by atoms with E-state index in [1.54, 1.807) is 0 Å². The van der Waals surface area contributed by atoms with Gasteiger partial charge < -0.3 is 27.2 Å². The van der Waals surface area contributed by atoms with Gasteiger partial charge in [-0.05, 0) is 26.7 Å². The van der Waals surface area contributed by atoms with Gasteiger partial charge in [0.25, 0.3) is 0 Å². The minimum atomic E-state index is -1.15. The number of carboxylic acids is 1. The first kappa shape index (κ1) is 16.2. The van der Waals surface area contributed by atoms with E-state index in [-0.39, 0.29) is 13.0 Å². The summed E-state index contributed by atoms with van der Waals surface area (Å²) >= 11 is 0. The van der Waals surface area contributed by atoms with Gasteiger partial charge in [-0.25, -0.2) is 9.59 Å². The van der Waals surface area contributed by atoms with E-state index in [1.807, 2.05) is 0 Å². The van der Waals surface area contributed by atoms with Gasteiger partial charge in [0.2, 0.25) is 5.91 Å². The van der Waals surface area contributed by atoms with Crippen LogP contribution in [0.25, 0.3) is 0 Å². The maximum Gasteiger partial charge on any atom is 0.326 e. The summed E-state index contributed by atoms with van der Waals surface area (Å²) in [4.78, 5) is 32.8. The second-order valence-corrected chi connectivity index (χ2v) is 4.52. The first-order valence-corrected chi connectivity index (χ1v) is 5.50. The molecule has 0 rings (SSSR count). The van der Waals surface area contributed by atoms with Crippen LogP contribution in [0.4, 0.5) is 4.79 Å². The van der Waals surface area contributed by atoms with Gasteiger partial charge >= 0.3 is 12.0 Å². The molecule has 0 aromatic carbocycles. The molecule has 8 nitrogen and oxygen atoms in total. The average Bonchev–Trinajstić information content (AvgIpc) is 2.19. The Morgan fingerprint density at radius 1 is 1.33 bits per heavy atom. The molecule has 0 unspecified atom stereocenters. The molecule has 0 radical (unpaired) electrons. The number of hydrogen-bond donors (Lipinski definition) is 5. The topological polar surface area (TPSA) is 148 Å². The van der Waals surface area contributed by atoms with Gasteiger partial charge in [0.1, 0.15) is 6.04 Å². The van der Waals surface area contributed by atoms with Gasteiger partial charge in [0.15, 0.2) is 0 Å². The summed E-state index contributed by atoms with van der Waals surface area (Å²) in [5, 5.41) is 13.6. The lowest BCUT2D eigenvalue weighted by atomic mass is 10.0. The lowest BCUT2D eigenvalue weighted by Crippen LogP contribution is -2.54. The lowest BCUT2D eigenvalue weighted by molar-refractivity contribution is -0.142. The van der Waals surface area contributed by atoms with Gasteiger partial charge in [-0.1, -0.05) is 0 Å². The first-order valence-electron chi connectivity index (χ1n) is 5.50. The summed E-state index contributed by atoms with van der Waals surface area (Å²) in [6, 6.07) is -1.70. The average molecular weight is 260 g/mol. The Morgan fingerprint density at radius 2 is 1.89 bits per heavy atom. The molecule has 0 heterocycles. The number of hydrogen-bond acceptors (Lipinski definition) is 4. The molecule has 0 saturated heterocycles. The standard InChI is InChI=1S/C10H20N4O4/c1-10(2,12)8(17)14-6(7(15)16)4-3-5-13-9(11)18/h6H,3-5,12H2,1-2H3,(H,14,17)(H,15,16)(H3,11,13,18)/t6-/m0/s1. The van der Waals surface area contributed by atoms with Crippen molar-refractivity contribution in [1.82, 2.24) is 10.6 Å². The monoisotopic (exact) mass is 260 g/mol. The number of carbonyl (C=O) groups excluding carboxylic acids is 2. The normalized spacial score (nSPS) is 12.6. The Balaban J connectivity index is 4.21. The van der Waals surface area contributed by atoms with Gasteiger partial charge in [-0.3, -0.25) is 4.79 Å². The van der Waals surface area contributed by atoms with E-state index >= 15 is 0 Å². The number of amides is 3. The van der Waals surface area contributed by atoms with Crippen LogP contribution in [0.15, 0.2) is 0 Å². The molecular weight excluding hydrogens is 240 g/mol. The van der Waals surface area contributed by atoms with Gasteiger partial charge in [-0.2, -0.15) is 0 Å². The van der Waals surface area contributed by atoms with E-state index in [0.29, 0.717) is 6.42 Å². The predicted molar refractivity (Wildman–Crippen MR) is 64.7 cm³/mol. The molecule has 1 atom stereocenters. The van der Waals surface area contributed by atoms with Crippen LogP contribution in [0.5, 0.6) is 0 Å². The minimum Gasteiger partial charge on any atom is -0.480 e. The summed E-state index contributed by atoms with van der Waals surface area (Å²) in [5.41, 5.74) is 9.26. The molecule has 0 aromatic rings. The van der Waals surface area contributed by atoms with Crippen LogP contribution in [0.2, 0.25) is 0 Å². The molecule has 7 N–H and O–H groups in total. The van der Waals surface area contributed by atoms with E-state index in [2.05, 4.69) is 10.6 Å². The SMILES string of the molecule is CC(C)(N)C(=O)N[C@@H](CCCNC(N)=O)C(=O)O. The summed E-state index contributed by atoms with van der Waals surface area (Å²) in [6.45, 7) is 3.22. The Hall–Kier alpha value is -1.83. The summed E-state index contributed by atoms with van der Waals surface area (Å²) in [7, 11) is 0. The molecule has 0 aliphatic rings. The largest absolute Gasteiger partial charge is 0.480 e. The van der Waals surface area contributed by atoms with Crippen LogP contribution in [-0.2, 0) is 9.59 Å². The Kier molecular flexibility index (Phi) is 6.11. The highest BCUT2D eigenvalue weighted by atomic mass is 16.4. The fourth-order valence-corrected chi connectivity index (χ4v) is 1.12. The Bertz CT molecular complexity index is 324. The number of urea groups is 1. The number of rotatable bonds is 7. The molecule has 0 aliphatic carbocycles. The van der Waals surface area contributed by atoms with Gasteiger partial charge in [0, 0.05) is 6.54 Å². The van der Waals surface area contributed by atoms with E-state index in [4.69, 9.17) is 16.6 Å². The summed E-state index contributed by atoms with van der Waals surface area (Å²) in [6.07, 6.45) is 0.558. The molecule has 0 spiro atoms. The maximum absolute atomic E-state index is 11.5. The van der Waals surface area contributed by atoms with Crippen LogP contribution >= 0.6 is 0 Å². The zero-order valence-electron chi connectivity index (χ0n) is 10.5. The van der Waals surface area contributed by atoms with Crippen molar-refractivity contribution in [1.29, 1.82) is 0 Å². The second kappa shape index (κ2) is 6.80. The quantitative estimate of drug-likeness (QED) is 0.362. The fourth-order valence-electron chi connectivity index (χ4n) is 1.12. The Morgan fingerprint density at radius 3 is 2.28 bits per heavy atom. The van der Waals surface area contributed by atoms with Crippen molar-refractivity contribution < 1.29 is 19.5 Å². The molecular formula is C10H20N4O4. The molecule has 8 heteroatoms. The van der Waals surface area contributed by atoms with E-state index < -0.39 is 29.5 Å². The number of carbonyl (C=O) groups is 3. The smallest absolute Gasteiger partial charge is 0.326 e. The lowest BCUT2D eigenvalue weighted by Gasteiger charge is -2.21. The summed E-state index contributed by atoms with van der Waals surface area (Å²) < 4.78 is 0. The molecule has 3 amide bonds. The molecule has 0 aromatic heterocycles. The third kappa shape index (κ3) is 6.69. The summed E-state index contributed by atoms with van der Waals surface area (Å²) in [5.74, 6) is -1.69. The van der Waals surface area contributed by atoms with Gasteiger partial charge in [-0.15, -0.1) is 0 Å². The van der Waals surface area contributed by atoms with Crippen molar-refractivity contribution in [2.45, 2.75) is 38.3 Å². The van der Waals surface area contributed by atoms with Crippen LogP contribution in [-0.4, -0.2) is 41.1 Å². The zero-order chi connectivity index (χ0) is 14.3. The van der Waals surface area contributed by atoms with Crippen LogP contribution in [0.3, 0.4) is 0 Å². The third-order valence-electron chi connectivity index (χ3n) is 2.16. The van der Waals surface area contributed by atoms with Crippen LogP contribution in [0, 0.1) is 0 Å². The van der Waals surface area contributed by atoms with Crippen molar-refractivity contribution in [2.24, 2.45) is 11.5 Å². The van der Waals surface area contributed by atoms with Crippen molar-refractivity contribution in [3.05, 3.63) is 0 Å². The first-order chi connectivity index (χ1) is 8.14. The van der Waals surface area contributed by atoms with Gasteiger partial charge in [0.05, 0.1) is 5.54 Å². The molecule has 0 fully saturated rings. The minimum absolute atomic E-state index is 0.178. The number of primary amides is 1. The number of nitrogens with two attached hydrogens (primary N) is 2. The van der Waals surface area contributed by atoms with E-state index in [0.717, 1.165) is 0 Å². The molecule has 104 valence electrons. The maximum atomic E-state index is 11.5. The van der Waals surface area contributed by atoms with E-state index in [1.165, 1.54) is 13.8 Å². The Labute approximate surface area is 105 Å². The predicted octanol–water partition coefficient (Wildman–Crippen LogP) is -1.26. The number of aliphatic carboxylic acids is 1. The third-order valence-corrected chi connectivity index (χ3v) is 2.16. The van der Waals surface area contributed by atoms with Crippen molar-refractivity contribution in [3.8, 4) is 0 Å². The molecule has 0 saturated carbocycles. The van der Waals surface area contributed by atoms with Crippen molar-refractivity contribution >= 4 is 17.9 Å². The highest BCUT2D eigenvalue weighted by Gasteiger charge is 2.27. The van der Waals surface area contributed by atoms with Crippen molar-refractivity contribution in [2.75, 3.05) is 6.54 Å². The highest BCUT2D eigenvalue weighted by molar-refractivity contribution is 5.89. The van der Waals surface area contributed by atoms with E-state index in [9.17, 15) is 14.4 Å². The molecule has 0 bridgehead atoms.